The third kappa shape index (κ3) is 6.70. The quantitative estimate of drug-likeness (QED) is 0.409. The lowest BCUT2D eigenvalue weighted by Crippen LogP contribution is -2.40. The van der Waals surface area contributed by atoms with Crippen LogP contribution in [0.1, 0.15) is 12.0 Å². The predicted octanol–water partition coefficient (Wildman–Crippen LogP) is 4.24. The Morgan fingerprint density at radius 1 is 1.06 bits per heavy atom. The third-order valence-electron chi connectivity index (χ3n) is 4.59. The smallest absolute Gasteiger partial charge is 0.243 e. The highest BCUT2D eigenvalue weighted by Gasteiger charge is 2.27. The predicted molar refractivity (Wildman–Crippen MR) is 125 cm³/mol. The van der Waals surface area contributed by atoms with Gasteiger partial charge in [0.05, 0.1) is 27.8 Å². The van der Waals surface area contributed by atoms with Crippen molar-refractivity contribution in [2.75, 3.05) is 13.1 Å². The molecule has 0 atom stereocenters. The normalized spacial score (nSPS) is 11.6. The van der Waals surface area contributed by atoms with Gasteiger partial charge in [-0.1, -0.05) is 40.9 Å². The molecule has 0 saturated heterocycles. The van der Waals surface area contributed by atoms with Gasteiger partial charge in [0.15, 0.2) is 0 Å². The van der Waals surface area contributed by atoms with E-state index in [0.29, 0.717) is 40.1 Å². The van der Waals surface area contributed by atoms with Crippen molar-refractivity contribution in [2.45, 2.75) is 24.4 Å². The minimum Gasteiger partial charge on any atom is -0.355 e. The first-order valence-electron chi connectivity index (χ1n) is 9.68. The van der Waals surface area contributed by atoms with Crippen molar-refractivity contribution in [3.05, 3.63) is 81.8 Å². The Morgan fingerprint density at radius 2 is 1.81 bits per heavy atom. The molecule has 0 spiro atoms. The lowest BCUT2D eigenvalue weighted by atomic mass is 10.2. The fraction of sp³-hybridized carbons (Fsp3) is 0.238. The Morgan fingerprint density at radius 3 is 2.47 bits per heavy atom. The van der Waals surface area contributed by atoms with E-state index >= 15 is 0 Å². The Labute approximate surface area is 202 Å². The van der Waals surface area contributed by atoms with Crippen LogP contribution in [0.15, 0.2) is 66.1 Å². The van der Waals surface area contributed by atoms with Crippen LogP contribution in [0.2, 0.25) is 15.1 Å². The first-order valence-corrected chi connectivity index (χ1v) is 12.2. The van der Waals surface area contributed by atoms with Crippen LogP contribution in [0.3, 0.4) is 0 Å². The molecular formula is C21H21Cl3N4O3S. The molecule has 0 aliphatic carbocycles. The molecule has 0 unspecified atom stereocenters. The van der Waals surface area contributed by atoms with Crippen LogP contribution in [0.25, 0.3) is 0 Å². The van der Waals surface area contributed by atoms with E-state index in [9.17, 15) is 13.2 Å². The maximum Gasteiger partial charge on any atom is 0.243 e. The number of hydrogen-bond acceptors (Lipinski definition) is 4. The number of carbonyl (C=O) groups is 1. The Kier molecular flexibility index (Phi) is 8.56. The number of sulfonamides is 1. The number of benzene rings is 2. The fourth-order valence-electron chi connectivity index (χ4n) is 2.95. The molecule has 0 bridgehead atoms. The molecule has 3 rings (SSSR count). The molecule has 3 aromatic rings. The van der Waals surface area contributed by atoms with Gasteiger partial charge >= 0.3 is 0 Å². The molecule has 7 nitrogen and oxygen atoms in total. The highest BCUT2D eigenvalue weighted by molar-refractivity contribution is 7.89. The average Bonchev–Trinajstić information content (AvgIpc) is 3.27. The number of aromatic nitrogens is 2. The standard InChI is InChI=1S/C21H21Cl3N4O3S/c22-17-3-5-18(6-4-17)32(30,31)28(13-16-2-7-19(23)20(24)12-16)14-21(29)26-8-1-10-27-11-9-25-15-27/h2-7,9,11-12,15H,1,8,10,13-14H2,(H,26,29). The summed E-state index contributed by atoms with van der Waals surface area (Å²) in [4.78, 5) is 16.6. The van der Waals surface area contributed by atoms with Crippen molar-refractivity contribution >= 4 is 50.7 Å². The Balaban J connectivity index is 1.72. The molecule has 0 saturated carbocycles. The van der Waals surface area contributed by atoms with Crippen LogP contribution in [0, 0.1) is 0 Å². The van der Waals surface area contributed by atoms with E-state index in [2.05, 4.69) is 10.3 Å². The largest absolute Gasteiger partial charge is 0.355 e. The highest BCUT2D eigenvalue weighted by Crippen LogP contribution is 2.25. The molecule has 1 aromatic heterocycles. The number of halogens is 3. The van der Waals surface area contributed by atoms with E-state index in [1.165, 1.54) is 24.3 Å². The van der Waals surface area contributed by atoms with Gasteiger partial charge in [-0.05, 0) is 48.4 Å². The summed E-state index contributed by atoms with van der Waals surface area (Å²) in [5.41, 5.74) is 0.602. The summed E-state index contributed by atoms with van der Waals surface area (Å²) in [6.45, 7) is 0.690. The SMILES string of the molecule is O=C(CN(Cc1ccc(Cl)c(Cl)c1)S(=O)(=O)c1ccc(Cl)cc1)NCCCn1ccnc1. The van der Waals surface area contributed by atoms with Gasteiger partial charge in [-0.15, -0.1) is 0 Å². The van der Waals surface area contributed by atoms with E-state index in [4.69, 9.17) is 34.8 Å². The van der Waals surface area contributed by atoms with Gasteiger partial charge in [0, 0.05) is 37.1 Å². The zero-order chi connectivity index (χ0) is 23.1. The van der Waals surface area contributed by atoms with Crippen molar-refractivity contribution in [2.24, 2.45) is 0 Å². The molecule has 2 aromatic carbocycles. The van der Waals surface area contributed by atoms with Crippen LogP contribution in [0.4, 0.5) is 0 Å². The molecule has 0 fully saturated rings. The molecule has 170 valence electrons. The second kappa shape index (κ2) is 11.2. The van der Waals surface area contributed by atoms with Gasteiger partial charge in [0.2, 0.25) is 15.9 Å². The zero-order valence-corrected chi connectivity index (χ0v) is 20.0. The summed E-state index contributed by atoms with van der Waals surface area (Å²) >= 11 is 17.9. The van der Waals surface area contributed by atoms with Gasteiger partial charge in [-0.25, -0.2) is 13.4 Å². The lowest BCUT2D eigenvalue weighted by molar-refractivity contribution is -0.121. The Bertz CT molecular complexity index is 1150. The summed E-state index contributed by atoms with van der Waals surface area (Å²) < 4.78 is 29.5. The van der Waals surface area contributed by atoms with Crippen molar-refractivity contribution < 1.29 is 13.2 Å². The van der Waals surface area contributed by atoms with Gasteiger partial charge in [-0.3, -0.25) is 4.79 Å². The monoisotopic (exact) mass is 514 g/mol. The molecule has 0 aliphatic rings. The summed E-state index contributed by atoms with van der Waals surface area (Å²) in [5.74, 6) is -0.409. The van der Waals surface area contributed by atoms with Crippen LogP contribution >= 0.6 is 34.8 Å². The van der Waals surface area contributed by atoms with Gasteiger partial charge in [-0.2, -0.15) is 4.31 Å². The van der Waals surface area contributed by atoms with Crippen LogP contribution in [-0.2, 0) is 27.9 Å². The number of rotatable bonds is 10. The van der Waals surface area contributed by atoms with Crippen molar-refractivity contribution in [1.82, 2.24) is 19.2 Å². The molecule has 0 aliphatic heterocycles. The van der Waals surface area contributed by atoms with E-state index in [1.807, 2.05) is 10.8 Å². The lowest BCUT2D eigenvalue weighted by Gasteiger charge is -2.22. The fourth-order valence-corrected chi connectivity index (χ4v) is 4.78. The number of aryl methyl sites for hydroxylation is 1. The molecule has 11 heteroatoms. The van der Waals surface area contributed by atoms with E-state index in [-0.39, 0.29) is 18.0 Å². The zero-order valence-electron chi connectivity index (χ0n) is 16.9. The van der Waals surface area contributed by atoms with Crippen molar-refractivity contribution in [3.8, 4) is 0 Å². The van der Waals surface area contributed by atoms with E-state index in [0.717, 1.165) is 4.31 Å². The summed E-state index contributed by atoms with van der Waals surface area (Å²) in [5, 5.41) is 3.84. The molecule has 1 N–H and O–H groups in total. The number of hydrogen-bond donors (Lipinski definition) is 1. The molecular weight excluding hydrogens is 495 g/mol. The first kappa shape index (κ1) is 24.5. The van der Waals surface area contributed by atoms with Crippen LogP contribution in [-0.4, -0.2) is 41.3 Å². The maximum absolute atomic E-state index is 13.3. The summed E-state index contributed by atoms with van der Waals surface area (Å²) in [6, 6.07) is 10.6. The van der Waals surface area contributed by atoms with Crippen LogP contribution < -0.4 is 5.32 Å². The van der Waals surface area contributed by atoms with Gasteiger partial charge in [0.1, 0.15) is 0 Å². The molecule has 1 amide bonds. The highest BCUT2D eigenvalue weighted by atomic mass is 35.5. The van der Waals surface area contributed by atoms with Gasteiger partial charge in [0.25, 0.3) is 0 Å². The second-order valence-corrected chi connectivity index (χ2v) is 10.2. The minimum absolute atomic E-state index is 0.0369. The molecule has 32 heavy (non-hydrogen) atoms. The van der Waals surface area contributed by atoms with Crippen LogP contribution in [0.5, 0.6) is 0 Å². The number of nitrogens with one attached hydrogen (secondary N) is 1. The summed E-state index contributed by atoms with van der Waals surface area (Å²) in [7, 11) is -3.97. The number of amides is 1. The first-order chi connectivity index (χ1) is 15.3. The summed E-state index contributed by atoms with van der Waals surface area (Å²) in [6.07, 6.45) is 5.89. The van der Waals surface area contributed by atoms with Crippen molar-refractivity contribution in [1.29, 1.82) is 0 Å². The average molecular weight is 516 g/mol. The maximum atomic E-state index is 13.3. The second-order valence-electron chi connectivity index (χ2n) is 6.98. The number of carbonyl (C=O) groups excluding carboxylic acids is 1. The van der Waals surface area contributed by atoms with Crippen molar-refractivity contribution in [3.63, 3.8) is 0 Å². The number of imidazole rings is 1. The molecule has 0 radical (unpaired) electrons. The van der Waals surface area contributed by atoms with E-state index < -0.39 is 15.9 Å². The van der Waals surface area contributed by atoms with E-state index in [1.54, 1.807) is 30.7 Å². The minimum atomic E-state index is -3.97. The number of nitrogens with zero attached hydrogens (tertiary/aromatic N) is 3. The molecule has 1 heterocycles. The third-order valence-corrected chi connectivity index (χ3v) is 7.39. The van der Waals surface area contributed by atoms with Gasteiger partial charge < -0.3 is 9.88 Å². The topological polar surface area (TPSA) is 84.3 Å². The Hall–Kier alpha value is -2.10.